The lowest BCUT2D eigenvalue weighted by molar-refractivity contribution is 0.0944. The van der Waals surface area contributed by atoms with E-state index in [0.717, 1.165) is 35.5 Å². The molecule has 0 fully saturated rings. The molecular weight excluding hydrogens is 304 g/mol. The first-order valence-electron chi connectivity index (χ1n) is 6.96. The first-order valence-corrected chi connectivity index (χ1v) is 6.96. The van der Waals surface area contributed by atoms with Gasteiger partial charge in [0.2, 0.25) is 0 Å². The third-order valence-corrected chi connectivity index (χ3v) is 3.63. The van der Waals surface area contributed by atoms with Crippen LogP contribution in [-0.2, 0) is 19.5 Å². The smallest absolute Gasteiger partial charge is 0.272 e. The maximum Gasteiger partial charge on any atom is 0.272 e. The molecule has 0 aliphatic carbocycles. The molecule has 1 aliphatic rings. The summed E-state index contributed by atoms with van der Waals surface area (Å²) in [5, 5.41) is 13.2. The predicted molar refractivity (Wildman–Crippen MR) is 85.4 cm³/mol. The Morgan fingerprint density at radius 2 is 2.14 bits per heavy atom. The lowest BCUT2D eigenvalue weighted by Gasteiger charge is -2.12. The highest BCUT2D eigenvalue weighted by atomic mass is 35.5. The number of benzene rings is 1. The Balaban J connectivity index is 0.00000176. The summed E-state index contributed by atoms with van der Waals surface area (Å²) in [6, 6.07) is 7.62. The van der Waals surface area contributed by atoms with Gasteiger partial charge in [0.15, 0.2) is 5.69 Å². The normalized spacial score (nSPS) is 13.0. The van der Waals surface area contributed by atoms with E-state index in [0.29, 0.717) is 18.8 Å². The first kappa shape index (κ1) is 16.3. The molecule has 3 rings (SSSR count). The molecule has 0 saturated carbocycles. The highest BCUT2D eigenvalue weighted by Crippen LogP contribution is 2.15. The van der Waals surface area contributed by atoms with Crippen LogP contribution in [0.2, 0.25) is 0 Å². The minimum Gasteiger partial charge on any atom is -0.497 e. The monoisotopic (exact) mass is 322 g/mol. The average Bonchev–Trinajstić information content (AvgIpc) is 2.97. The molecule has 7 heteroatoms. The molecule has 0 unspecified atom stereocenters. The van der Waals surface area contributed by atoms with Crippen molar-refractivity contribution in [2.75, 3.05) is 13.7 Å². The van der Waals surface area contributed by atoms with Crippen molar-refractivity contribution in [1.82, 2.24) is 20.8 Å². The van der Waals surface area contributed by atoms with Crippen LogP contribution < -0.4 is 15.4 Å². The molecule has 2 aromatic rings. The van der Waals surface area contributed by atoms with Crippen LogP contribution in [0.5, 0.6) is 5.75 Å². The molecule has 1 aromatic heterocycles. The second-order valence-corrected chi connectivity index (χ2v) is 4.99. The van der Waals surface area contributed by atoms with E-state index >= 15 is 0 Å². The summed E-state index contributed by atoms with van der Waals surface area (Å²) in [4.78, 5) is 12.2. The zero-order valence-electron chi connectivity index (χ0n) is 12.3. The molecule has 0 radical (unpaired) electrons. The first-order chi connectivity index (χ1) is 10.3. The van der Waals surface area contributed by atoms with Gasteiger partial charge in [-0.15, -0.1) is 12.4 Å². The zero-order chi connectivity index (χ0) is 14.7. The van der Waals surface area contributed by atoms with Crippen molar-refractivity contribution in [3.63, 3.8) is 0 Å². The van der Waals surface area contributed by atoms with Crippen molar-refractivity contribution < 1.29 is 9.53 Å². The van der Waals surface area contributed by atoms with Crippen LogP contribution in [0.25, 0.3) is 0 Å². The number of carbonyl (C=O) groups is 1. The van der Waals surface area contributed by atoms with Crippen LogP contribution in [-0.4, -0.2) is 29.8 Å². The molecule has 1 aromatic carbocycles. The number of methoxy groups -OCH3 is 1. The van der Waals surface area contributed by atoms with Crippen LogP contribution in [0.4, 0.5) is 0 Å². The number of aromatic nitrogens is 2. The number of nitrogens with one attached hydrogen (secondary N) is 3. The molecule has 3 N–H and O–H groups in total. The number of fused-ring (bicyclic) bond motifs is 1. The van der Waals surface area contributed by atoms with E-state index in [4.69, 9.17) is 4.74 Å². The molecule has 1 amide bonds. The minimum absolute atomic E-state index is 0. The summed E-state index contributed by atoms with van der Waals surface area (Å²) in [7, 11) is 1.63. The summed E-state index contributed by atoms with van der Waals surface area (Å²) >= 11 is 0. The van der Waals surface area contributed by atoms with Gasteiger partial charge in [0, 0.05) is 37.3 Å². The maximum atomic E-state index is 12.2. The quantitative estimate of drug-likeness (QED) is 0.795. The molecular formula is C15H19ClN4O2. The molecule has 2 heterocycles. The van der Waals surface area contributed by atoms with E-state index in [1.165, 1.54) is 0 Å². The molecule has 0 atom stereocenters. The Morgan fingerprint density at radius 3 is 2.86 bits per heavy atom. The van der Waals surface area contributed by atoms with E-state index in [1.54, 1.807) is 7.11 Å². The van der Waals surface area contributed by atoms with E-state index in [9.17, 15) is 4.79 Å². The number of amides is 1. The van der Waals surface area contributed by atoms with Crippen LogP contribution in [0.3, 0.4) is 0 Å². The Kier molecular flexibility index (Phi) is 5.41. The van der Waals surface area contributed by atoms with Gasteiger partial charge in [-0.3, -0.25) is 9.89 Å². The molecule has 6 nitrogen and oxygen atoms in total. The number of carbonyl (C=O) groups excluding carboxylic acids is 1. The third-order valence-electron chi connectivity index (χ3n) is 3.63. The number of hydrogen-bond donors (Lipinski definition) is 3. The van der Waals surface area contributed by atoms with Crippen molar-refractivity contribution in [1.29, 1.82) is 0 Å². The van der Waals surface area contributed by atoms with Gasteiger partial charge in [0.1, 0.15) is 5.75 Å². The Morgan fingerprint density at radius 1 is 1.36 bits per heavy atom. The number of halogens is 1. The Hall–Kier alpha value is -2.05. The minimum atomic E-state index is -0.146. The van der Waals surface area contributed by atoms with Crippen LogP contribution >= 0.6 is 12.4 Å². The van der Waals surface area contributed by atoms with Gasteiger partial charge in [0.25, 0.3) is 5.91 Å². The Labute approximate surface area is 135 Å². The Bertz CT molecular complexity index is 639. The summed E-state index contributed by atoms with van der Waals surface area (Å²) in [5.41, 5.74) is 3.55. The number of H-pyrrole nitrogens is 1. The number of ether oxygens (including phenoxy) is 1. The molecule has 1 aliphatic heterocycles. The number of aromatic amines is 1. The predicted octanol–water partition coefficient (Wildman–Crippen LogP) is 1.42. The highest BCUT2D eigenvalue weighted by molar-refractivity contribution is 5.94. The second kappa shape index (κ2) is 7.29. The standard InChI is InChI=1S/C15H18N4O2.ClH/c1-21-11-4-2-10(3-5-11)8-17-15(20)14-12-9-16-7-6-13(12)18-19-14;/h2-5,16H,6-9H2,1H3,(H,17,20)(H,18,19);1H. The van der Waals surface area contributed by atoms with E-state index < -0.39 is 0 Å². The second-order valence-electron chi connectivity index (χ2n) is 4.99. The van der Waals surface area contributed by atoms with Gasteiger partial charge >= 0.3 is 0 Å². The summed E-state index contributed by atoms with van der Waals surface area (Å²) < 4.78 is 5.11. The fraction of sp³-hybridized carbons (Fsp3) is 0.333. The zero-order valence-corrected chi connectivity index (χ0v) is 13.1. The molecule has 118 valence electrons. The van der Waals surface area contributed by atoms with Crippen molar-refractivity contribution in [2.24, 2.45) is 0 Å². The number of nitrogens with zero attached hydrogens (tertiary/aromatic N) is 1. The van der Waals surface area contributed by atoms with Gasteiger partial charge in [-0.05, 0) is 17.7 Å². The molecule has 0 saturated heterocycles. The summed E-state index contributed by atoms with van der Waals surface area (Å²) in [5.74, 6) is 0.657. The topological polar surface area (TPSA) is 79.0 Å². The maximum absolute atomic E-state index is 12.2. The lowest BCUT2D eigenvalue weighted by atomic mass is 10.1. The fourth-order valence-corrected chi connectivity index (χ4v) is 2.42. The third kappa shape index (κ3) is 3.40. The average molecular weight is 323 g/mol. The van der Waals surface area contributed by atoms with Gasteiger partial charge in [-0.25, -0.2) is 0 Å². The van der Waals surface area contributed by atoms with Crippen molar-refractivity contribution in [2.45, 2.75) is 19.5 Å². The van der Waals surface area contributed by atoms with Gasteiger partial charge in [0.05, 0.1) is 7.11 Å². The SMILES string of the molecule is COc1ccc(CNC(=O)c2n[nH]c3c2CNCC3)cc1.Cl. The fourth-order valence-electron chi connectivity index (χ4n) is 2.42. The molecule has 22 heavy (non-hydrogen) atoms. The van der Waals surface area contributed by atoms with E-state index in [2.05, 4.69) is 20.8 Å². The van der Waals surface area contributed by atoms with E-state index in [-0.39, 0.29) is 18.3 Å². The van der Waals surface area contributed by atoms with Gasteiger partial charge in [-0.1, -0.05) is 12.1 Å². The van der Waals surface area contributed by atoms with Crippen molar-refractivity contribution in [3.8, 4) is 5.75 Å². The molecule has 0 spiro atoms. The summed E-state index contributed by atoms with van der Waals surface area (Å²) in [6.45, 7) is 2.08. The van der Waals surface area contributed by atoms with E-state index in [1.807, 2.05) is 24.3 Å². The summed E-state index contributed by atoms with van der Waals surface area (Å²) in [6.07, 6.45) is 0.883. The van der Waals surface area contributed by atoms with Crippen LogP contribution in [0.15, 0.2) is 24.3 Å². The highest BCUT2D eigenvalue weighted by Gasteiger charge is 2.21. The van der Waals surface area contributed by atoms with Crippen molar-refractivity contribution >= 4 is 18.3 Å². The van der Waals surface area contributed by atoms with Gasteiger partial charge < -0.3 is 15.4 Å². The number of hydrogen-bond acceptors (Lipinski definition) is 4. The lowest BCUT2D eigenvalue weighted by Crippen LogP contribution is -2.28. The molecule has 0 bridgehead atoms. The van der Waals surface area contributed by atoms with Crippen LogP contribution in [0.1, 0.15) is 27.3 Å². The number of rotatable bonds is 4. The van der Waals surface area contributed by atoms with Crippen LogP contribution in [0, 0.1) is 0 Å². The van der Waals surface area contributed by atoms with Gasteiger partial charge in [-0.2, -0.15) is 5.10 Å². The largest absolute Gasteiger partial charge is 0.497 e. The van der Waals surface area contributed by atoms with Crippen molar-refractivity contribution in [3.05, 3.63) is 46.8 Å².